The van der Waals surface area contributed by atoms with Crippen LogP contribution in [0, 0.1) is 0 Å². The minimum absolute atomic E-state index is 0.202. The number of hydrogen-bond donors (Lipinski definition) is 0. The smallest absolute Gasteiger partial charge is 0.191 e. The predicted octanol–water partition coefficient (Wildman–Crippen LogP) is 1.57. The molecule has 1 aromatic rings. The Morgan fingerprint density at radius 1 is 1.40 bits per heavy atom. The fourth-order valence-corrected chi connectivity index (χ4v) is 2.13. The monoisotopic (exact) mass is 231 g/mol. The van der Waals surface area contributed by atoms with Crippen molar-refractivity contribution in [2.75, 3.05) is 20.0 Å². The summed E-state index contributed by atoms with van der Waals surface area (Å²) < 4.78 is 12.2. The molecule has 0 fully saturated rings. The molecule has 1 heterocycles. The topological polar surface area (TPSA) is 49.2 Å². The molecule has 0 bridgehead atoms. The van der Waals surface area contributed by atoms with E-state index in [1.165, 1.54) is 0 Å². The maximum absolute atomic E-state index is 5.10. The molecule has 0 unspecified atom stereocenters. The summed E-state index contributed by atoms with van der Waals surface area (Å²) in [6.07, 6.45) is 1.54. The van der Waals surface area contributed by atoms with Gasteiger partial charge in [0.25, 0.3) is 0 Å². The fraction of sp³-hybridized carbons (Fsp3) is 0.778. The number of rotatable bonds is 6. The molecule has 0 atom stereocenters. The molecular formula is C9H17N3O2S. The van der Waals surface area contributed by atoms with Gasteiger partial charge in [0, 0.05) is 20.3 Å². The van der Waals surface area contributed by atoms with Crippen LogP contribution in [0.4, 0.5) is 0 Å². The molecule has 0 radical (unpaired) electrons. The quantitative estimate of drug-likeness (QED) is 0.549. The molecule has 0 N–H and O–H groups in total. The van der Waals surface area contributed by atoms with E-state index in [-0.39, 0.29) is 6.29 Å². The molecule has 0 spiro atoms. The van der Waals surface area contributed by atoms with E-state index in [1.54, 1.807) is 32.3 Å². The number of thioether (sulfide) groups is 1. The van der Waals surface area contributed by atoms with Gasteiger partial charge in [0.1, 0.15) is 6.33 Å². The van der Waals surface area contributed by atoms with Crippen LogP contribution in [0.15, 0.2) is 11.5 Å². The second-order valence-electron chi connectivity index (χ2n) is 3.33. The first-order chi connectivity index (χ1) is 7.19. The normalized spacial score (nSPS) is 11.6. The first-order valence-electron chi connectivity index (χ1n) is 4.77. The summed E-state index contributed by atoms with van der Waals surface area (Å²) in [6.45, 7) is 4.19. The highest BCUT2D eigenvalue weighted by atomic mass is 32.2. The summed E-state index contributed by atoms with van der Waals surface area (Å²) in [5.74, 6) is 0.707. The zero-order valence-corrected chi connectivity index (χ0v) is 10.3. The molecule has 0 aliphatic carbocycles. The molecule has 86 valence electrons. The third-order valence-corrected chi connectivity index (χ3v) is 2.96. The van der Waals surface area contributed by atoms with Gasteiger partial charge in [0.15, 0.2) is 11.4 Å². The molecule has 6 heteroatoms. The van der Waals surface area contributed by atoms with Crippen LogP contribution >= 0.6 is 11.8 Å². The van der Waals surface area contributed by atoms with Gasteiger partial charge in [-0.15, -0.1) is 10.2 Å². The van der Waals surface area contributed by atoms with Gasteiger partial charge in [-0.1, -0.05) is 11.8 Å². The van der Waals surface area contributed by atoms with Crippen molar-refractivity contribution >= 4 is 11.8 Å². The van der Waals surface area contributed by atoms with Crippen LogP contribution in [-0.2, 0) is 9.47 Å². The molecule has 0 aliphatic heterocycles. The van der Waals surface area contributed by atoms with Crippen molar-refractivity contribution in [1.82, 2.24) is 14.8 Å². The molecule has 0 saturated heterocycles. The van der Waals surface area contributed by atoms with Gasteiger partial charge < -0.3 is 14.0 Å². The molecule has 0 saturated carbocycles. The lowest BCUT2D eigenvalue weighted by Crippen LogP contribution is -2.16. The van der Waals surface area contributed by atoms with E-state index >= 15 is 0 Å². The Morgan fingerprint density at radius 3 is 2.60 bits per heavy atom. The molecule has 1 aromatic heterocycles. The maximum atomic E-state index is 5.10. The van der Waals surface area contributed by atoms with Crippen molar-refractivity contribution in [3.05, 3.63) is 6.33 Å². The number of ether oxygens (including phenoxy) is 2. The number of aromatic nitrogens is 3. The molecule has 0 amide bonds. The van der Waals surface area contributed by atoms with Gasteiger partial charge in [-0.3, -0.25) is 0 Å². The summed E-state index contributed by atoms with van der Waals surface area (Å²) in [5.41, 5.74) is 0. The standard InChI is InChI=1S/C9H17N3O2S/c1-7(2)12-6-10-11-9(12)15-5-8(13-3)14-4/h6-8H,5H2,1-4H3. The molecule has 0 aromatic carbocycles. The van der Waals surface area contributed by atoms with Gasteiger partial charge in [0.05, 0.1) is 5.75 Å². The Morgan fingerprint density at radius 2 is 2.07 bits per heavy atom. The number of nitrogens with zero attached hydrogens (tertiary/aromatic N) is 3. The third kappa shape index (κ3) is 3.48. The summed E-state index contributed by atoms with van der Waals surface area (Å²) >= 11 is 1.58. The first-order valence-corrected chi connectivity index (χ1v) is 5.75. The lowest BCUT2D eigenvalue weighted by Gasteiger charge is -2.13. The van der Waals surface area contributed by atoms with Crippen LogP contribution in [0.5, 0.6) is 0 Å². The minimum atomic E-state index is -0.202. The second-order valence-corrected chi connectivity index (χ2v) is 4.31. The minimum Gasteiger partial charge on any atom is -0.355 e. The largest absolute Gasteiger partial charge is 0.355 e. The van der Waals surface area contributed by atoms with Gasteiger partial charge in [-0.25, -0.2) is 0 Å². The van der Waals surface area contributed by atoms with Gasteiger partial charge >= 0.3 is 0 Å². The molecular weight excluding hydrogens is 214 g/mol. The second kappa shape index (κ2) is 6.09. The van der Waals surface area contributed by atoms with Crippen LogP contribution in [0.2, 0.25) is 0 Å². The molecule has 5 nitrogen and oxygen atoms in total. The summed E-state index contributed by atoms with van der Waals surface area (Å²) in [4.78, 5) is 0. The zero-order valence-electron chi connectivity index (χ0n) is 9.51. The van der Waals surface area contributed by atoms with Crippen LogP contribution in [0.1, 0.15) is 19.9 Å². The average Bonchev–Trinajstić information content (AvgIpc) is 2.67. The van der Waals surface area contributed by atoms with E-state index in [0.717, 1.165) is 5.16 Å². The highest BCUT2D eigenvalue weighted by Gasteiger charge is 2.11. The Kier molecular flexibility index (Phi) is 5.07. The lowest BCUT2D eigenvalue weighted by atomic mass is 10.4. The number of hydrogen-bond acceptors (Lipinski definition) is 5. The summed E-state index contributed by atoms with van der Waals surface area (Å²) in [7, 11) is 3.25. The Labute approximate surface area is 94.2 Å². The van der Waals surface area contributed by atoms with Crippen molar-refractivity contribution in [2.24, 2.45) is 0 Å². The van der Waals surface area contributed by atoms with E-state index in [9.17, 15) is 0 Å². The molecule has 0 aliphatic rings. The van der Waals surface area contributed by atoms with E-state index < -0.39 is 0 Å². The molecule has 15 heavy (non-hydrogen) atoms. The SMILES string of the molecule is COC(CSc1nncn1C(C)C)OC. The van der Waals surface area contributed by atoms with E-state index in [2.05, 4.69) is 24.0 Å². The maximum Gasteiger partial charge on any atom is 0.191 e. The van der Waals surface area contributed by atoms with E-state index in [1.807, 2.05) is 4.57 Å². The third-order valence-electron chi connectivity index (χ3n) is 1.97. The Bertz CT molecular complexity index is 287. The lowest BCUT2D eigenvalue weighted by molar-refractivity contribution is -0.0842. The van der Waals surface area contributed by atoms with E-state index in [4.69, 9.17) is 9.47 Å². The van der Waals surface area contributed by atoms with Crippen LogP contribution in [0.25, 0.3) is 0 Å². The fourth-order valence-electron chi connectivity index (χ4n) is 1.06. The predicted molar refractivity (Wildman–Crippen MR) is 58.9 cm³/mol. The van der Waals surface area contributed by atoms with Crippen molar-refractivity contribution in [2.45, 2.75) is 31.3 Å². The van der Waals surface area contributed by atoms with Crippen LogP contribution in [0.3, 0.4) is 0 Å². The van der Waals surface area contributed by atoms with Crippen LogP contribution < -0.4 is 0 Å². The van der Waals surface area contributed by atoms with Crippen molar-refractivity contribution < 1.29 is 9.47 Å². The highest BCUT2D eigenvalue weighted by molar-refractivity contribution is 7.99. The first kappa shape index (κ1) is 12.5. The Hall–Kier alpha value is -0.590. The summed E-state index contributed by atoms with van der Waals surface area (Å²) in [5, 5.41) is 8.82. The van der Waals surface area contributed by atoms with E-state index in [0.29, 0.717) is 11.8 Å². The summed E-state index contributed by atoms with van der Waals surface area (Å²) in [6, 6.07) is 0.367. The van der Waals surface area contributed by atoms with Gasteiger partial charge in [-0.2, -0.15) is 0 Å². The Balaban J connectivity index is 2.53. The van der Waals surface area contributed by atoms with Crippen molar-refractivity contribution in [3.63, 3.8) is 0 Å². The van der Waals surface area contributed by atoms with Gasteiger partial charge in [-0.05, 0) is 13.8 Å². The van der Waals surface area contributed by atoms with Crippen molar-refractivity contribution in [3.8, 4) is 0 Å². The van der Waals surface area contributed by atoms with Gasteiger partial charge in [0.2, 0.25) is 0 Å². The highest BCUT2D eigenvalue weighted by Crippen LogP contribution is 2.20. The van der Waals surface area contributed by atoms with Crippen molar-refractivity contribution in [1.29, 1.82) is 0 Å². The van der Waals surface area contributed by atoms with Crippen LogP contribution in [-0.4, -0.2) is 41.0 Å². The zero-order chi connectivity index (χ0) is 11.3. The number of methoxy groups -OCH3 is 2. The molecule has 1 rings (SSSR count). The average molecular weight is 231 g/mol.